The van der Waals surface area contributed by atoms with Gasteiger partial charge in [-0.25, -0.2) is 8.42 Å². The Balaban J connectivity index is 0.00000196. The van der Waals surface area contributed by atoms with E-state index in [-0.39, 0.29) is 28.9 Å². The lowest BCUT2D eigenvalue weighted by molar-refractivity contribution is 0.229. The van der Waals surface area contributed by atoms with Crippen molar-refractivity contribution >= 4 is 22.2 Å². The van der Waals surface area contributed by atoms with Crippen LogP contribution in [0.1, 0.15) is 20.8 Å². The average molecular weight is 257 g/mol. The van der Waals surface area contributed by atoms with Gasteiger partial charge < -0.3 is 5.73 Å². The topological polar surface area (TPSA) is 63.4 Å². The fourth-order valence-corrected chi connectivity index (χ4v) is 3.10. The van der Waals surface area contributed by atoms with Gasteiger partial charge >= 0.3 is 0 Å². The molecule has 4 nitrogen and oxygen atoms in total. The van der Waals surface area contributed by atoms with Gasteiger partial charge in [-0.05, 0) is 20.8 Å². The van der Waals surface area contributed by atoms with Gasteiger partial charge in [0.2, 0.25) is 0 Å². The zero-order valence-electron chi connectivity index (χ0n) is 9.56. The lowest BCUT2D eigenvalue weighted by Crippen LogP contribution is -2.52. The van der Waals surface area contributed by atoms with Crippen molar-refractivity contribution in [2.75, 3.05) is 25.4 Å². The molecule has 0 bridgehead atoms. The quantitative estimate of drug-likeness (QED) is 0.770. The van der Waals surface area contributed by atoms with Crippen molar-refractivity contribution in [1.82, 2.24) is 4.90 Å². The Kier molecular flexibility index (Phi) is 5.05. The van der Waals surface area contributed by atoms with Crippen molar-refractivity contribution in [3.05, 3.63) is 0 Å². The number of hydrogen-bond donors (Lipinski definition) is 1. The largest absolute Gasteiger partial charge is 0.324 e. The standard InChI is InChI=1S/C9H20N2O2S.ClH/c1-8-6-11(7-9(2,3)10)4-5-14(8,12)13;/h8H,4-7,10H2,1-3H3;1H. The number of nitrogens with zero attached hydrogens (tertiary/aromatic N) is 1. The summed E-state index contributed by atoms with van der Waals surface area (Å²) >= 11 is 0. The Bertz CT molecular complexity index is 298. The average Bonchev–Trinajstić information content (AvgIpc) is 1.95. The second-order valence-electron chi connectivity index (χ2n) is 4.90. The molecule has 15 heavy (non-hydrogen) atoms. The van der Waals surface area contributed by atoms with Gasteiger partial charge in [-0.1, -0.05) is 0 Å². The maximum absolute atomic E-state index is 11.4. The van der Waals surface area contributed by atoms with Gasteiger partial charge in [0.15, 0.2) is 9.84 Å². The molecule has 1 unspecified atom stereocenters. The van der Waals surface area contributed by atoms with Gasteiger partial charge in [0, 0.05) is 25.2 Å². The van der Waals surface area contributed by atoms with E-state index >= 15 is 0 Å². The summed E-state index contributed by atoms with van der Waals surface area (Å²) in [6, 6.07) is 0. The van der Waals surface area contributed by atoms with Crippen LogP contribution in [-0.4, -0.2) is 49.5 Å². The van der Waals surface area contributed by atoms with Crippen molar-refractivity contribution in [3.8, 4) is 0 Å². The summed E-state index contributed by atoms with van der Waals surface area (Å²) < 4.78 is 22.9. The maximum atomic E-state index is 11.4. The molecule has 0 aromatic heterocycles. The van der Waals surface area contributed by atoms with E-state index in [1.54, 1.807) is 6.92 Å². The minimum atomic E-state index is -2.83. The van der Waals surface area contributed by atoms with Crippen molar-refractivity contribution in [2.24, 2.45) is 5.73 Å². The molecule has 0 saturated carbocycles. The lowest BCUT2D eigenvalue weighted by atomic mass is 10.1. The number of sulfone groups is 1. The Morgan fingerprint density at radius 1 is 1.47 bits per heavy atom. The second-order valence-corrected chi connectivity index (χ2v) is 7.44. The molecule has 0 radical (unpaired) electrons. The Morgan fingerprint density at radius 3 is 2.40 bits per heavy atom. The van der Waals surface area contributed by atoms with Crippen molar-refractivity contribution in [1.29, 1.82) is 0 Å². The minimum absolute atomic E-state index is 0. The van der Waals surface area contributed by atoms with E-state index in [9.17, 15) is 8.42 Å². The SMILES string of the molecule is CC1CN(CC(C)(C)N)CCS1(=O)=O.Cl. The summed E-state index contributed by atoms with van der Waals surface area (Å²) in [6.45, 7) is 7.68. The summed E-state index contributed by atoms with van der Waals surface area (Å²) in [4.78, 5) is 2.13. The molecule has 0 aliphatic carbocycles. The van der Waals surface area contributed by atoms with Gasteiger partial charge in [-0.15, -0.1) is 12.4 Å². The highest BCUT2D eigenvalue weighted by Crippen LogP contribution is 2.13. The Morgan fingerprint density at radius 2 is 2.00 bits per heavy atom. The molecule has 1 fully saturated rings. The highest BCUT2D eigenvalue weighted by atomic mass is 35.5. The van der Waals surface area contributed by atoms with Crippen LogP contribution in [0.4, 0.5) is 0 Å². The zero-order valence-corrected chi connectivity index (χ0v) is 11.2. The molecular formula is C9H21ClN2O2S. The van der Waals surface area contributed by atoms with E-state index in [0.717, 1.165) is 6.54 Å². The Hall–Kier alpha value is 0.160. The van der Waals surface area contributed by atoms with Gasteiger partial charge in [0.1, 0.15) is 0 Å². The molecular weight excluding hydrogens is 236 g/mol. The molecule has 92 valence electrons. The summed E-state index contributed by atoms with van der Waals surface area (Å²) in [6.07, 6.45) is 0. The van der Waals surface area contributed by atoms with Gasteiger partial charge in [0.05, 0.1) is 11.0 Å². The van der Waals surface area contributed by atoms with Gasteiger partial charge in [-0.2, -0.15) is 0 Å². The molecule has 1 rings (SSSR count). The van der Waals surface area contributed by atoms with Crippen LogP contribution in [-0.2, 0) is 9.84 Å². The molecule has 0 aromatic carbocycles. The number of rotatable bonds is 2. The molecule has 0 spiro atoms. The number of halogens is 1. The first-order valence-corrected chi connectivity index (χ1v) is 6.65. The van der Waals surface area contributed by atoms with Gasteiger partial charge in [0.25, 0.3) is 0 Å². The highest BCUT2D eigenvalue weighted by Gasteiger charge is 2.30. The predicted molar refractivity (Wildman–Crippen MR) is 65.2 cm³/mol. The molecule has 1 atom stereocenters. The van der Waals surface area contributed by atoms with E-state index in [2.05, 4.69) is 4.90 Å². The van der Waals surface area contributed by atoms with E-state index in [0.29, 0.717) is 13.1 Å². The van der Waals surface area contributed by atoms with Crippen LogP contribution in [0.2, 0.25) is 0 Å². The first kappa shape index (κ1) is 15.2. The van der Waals surface area contributed by atoms with Crippen molar-refractivity contribution in [3.63, 3.8) is 0 Å². The first-order chi connectivity index (χ1) is 6.21. The van der Waals surface area contributed by atoms with Crippen LogP contribution in [0.3, 0.4) is 0 Å². The molecule has 1 saturated heterocycles. The van der Waals surface area contributed by atoms with E-state index in [1.807, 2.05) is 13.8 Å². The molecule has 2 N–H and O–H groups in total. The fraction of sp³-hybridized carbons (Fsp3) is 1.00. The van der Waals surface area contributed by atoms with E-state index < -0.39 is 9.84 Å². The zero-order chi connectivity index (χ0) is 11.0. The van der Waals surface area contributed by atoms with E-state index in [1.165, 1.54) is 0 Å². The highest BCUT2D eigenvalue weighted by molar-refractivity contribution is 7.92. The van der Waals surface area contributed by atoms with Crippen molar-refractivity contribution < 1.29 is 8.42 Å². The predicted octanol–water partition coefficient (Wildman–Crippen LogP) is 0.264. The monoisotopic (exact) mass is 256 g/mol. The van der Waals surface area contributed by atoms with Crippen LogP contribution in [0.15, 0.2) is 0 Å². The molecule has 0 amide bonds. The molecule has 1 heterocycles. The number of hydrogen-bond acceptors (Lipinski definition) is 4. The van der Waals surface area contributed by atoms with Crippen LogP contribution >= 0.6 is 12.4 Å². The molecule has 1 aliphatic rings. The summed E-state index contributed by atoms with van der Waals surface area (Å²) in [5.41, 5.74) is 5.64. The third-order valence-corrected chi connectivity index (χ3v) is 4.58. The van der Waals surface area contributed by atoms with Crippen LogP contribution < -0.4 is 5.73 Å². The maximum Gasteiger partial charge on any atom is 0.155 e. The number of nitrogens with two attached hydrogens (primary N) is 1. The summed E-state index contributed by atoms with van der Waals surface area (Å²) in [7, 11) is -2.83. The third-order valence-electron chi connectivity index (χ3n) is 2.45. The van der Waals surface area contributed by atoms with Crippen LogP contribution in [0.5, 0.6) is 0 Å². The lowest BCUT2D eigenvalue weighted by Gasteiger charge is -2.35. The van der Waals surface area contributed by atoms with E-state index in [4.69, 9.17) is 5.73 Å². The Labute approximate surface area is 98.5 Å². The van der Waals surface area contributed by atoms with Crippen molar-refractivity contribution in [2.45, 2.75) is 31.6 Å². The smallest absolute Gasteiger partial charge is 0.155 e. The first-order valence-electron chi connectivity index (χ1n) is 4.93. The van der Waals surface area contributed by atoms with Crippen LogP contribution in [0, 0.1) is 0 Å². The summed E-state index contributed by atoms with van der Waals surface area (Å²) in [5, 5.41) is -0.251. The normalized spacial score (nSPS) is 27.1. The molecule has 0 aromatic rings. The second kappa shape index (κ2) is 4.99. The van der Waals surface area contributed by atoms with Gasteiger partial charge in [-0.3, -0.25) is 4.90 Å². The van der Waals surface area contributed by atoms with Crippen LogP contribution in [0.25, 0.3) is 0 Å². The minimum Gasteiger partial charge on any atom is -0.324 e. The molecule has 1 aliphatic heterocycles. The molecule has 6 heteroatoms. The summed E-state index contributed by atoms with van der Waals surface area (Å²) in [5.74, 6) is 0.268. The fourth-order valence-electron chi connectivity index (χ4n) is 1.75. The third kappa shape index (κ3) is 4.68.